The van der Waals surface area contributed by atoms with Crippen molar-refractivity contribution in [1.29, 1.82) is 0 Å². The third-order valence-electron chi connectivity index (χ3n) is 24.7. The number of carbonyl (C=O) groups excluding carboxylic acids is 6. The number of rotatable bonds is 22. The van der Waals surface area contributed by atoms with Gasteiger partial charge in [0.05, 0.1) is 60.2 Å². The molecule has 788 valence electrons. The molecule has 12 N–H and O–H groups in total. The molecule has 0 radical (unpaired) electrons. The fraction of sp³-hybridized carbons (Fsp3) is 0.453. The Morgan fingerprint density at radius 1 is 0.452 bits per heavy atom. The molecular formula is C106H137Cl8N21O10S. The van der Waals surface area contributed by atoms with Gasteiger partial charge in [0.1, 0.15) is 41.1 Å². The normalized spacial score (nSPS) is 19.3. The summed E-state index contributed by atoms with van der Waals surface area (Å²) in [5.41, 5.74) is 19.0. The first-order valence-corrected chi connectivity index (χ1v) is 53.5. The number of halogens is 8. The molecule has 10 unspecified atom stereocenters. The molecule has 5 aromatic carbocycles. The Morgan fingerprint density at radius 2 is 0.870 bits per heavy atom. The lowest BCUT2D eigenvalue weighted by molar-refractivity contribution is -0.156. The molecule has 16 rings (SSSR count). The van der Waals surface area contributed by atoms with Crippen LogP contribution in [-0.2, 0) is 54.7 Å². The number of anilines is 7. The van der Waals surface area contributed by atoms with E-state index in [2.05, 4.69) is 107 Å². The van der Waals surface area contributed by atoms with Crippen molar-refractivity contribution in [3.05, 3.63) is 234 Å². The van der Waals surface area contributed by atoms with Gasteiger partial charge in [-0.15, -0.1) is 0 Å². The minimum Gasteiger partial charge on any atom is -0.460 e. The van der Waals surface area contributed by atoms with Gasteiger partial charge in [-0.05, 0) is 300 Å². The summed E-state index contributed by atoms with van der Waals surface area (Å²) in [4.78, 5) is 110. The molecule has 6 aromatic heterocycles. The number of likely N-dealkylation sites (tertiary alicyclic amines) is 4. The molecule has 40 heteroatoms. The van der Waals surface area contributed by atoms with E-state index in [1.807, 2.05) is 125 Å². The largest absolute Gasteiger partial charge is 0.460 e. The number of nitrogens with two attached hydrogens (primary N) is 2. The van der Waals surface area contributed by atoms with Crippen LogP contribution in [0.15, 0.2) is 176 Å². The van der Waals surface area contributed by atoms with Gasteiger partial charge < -0.3 is 82.7 Å². The molecule has 5 fully saturated rings. The van der Waals surface area contributed by atoms with E-state index in [0.717, 1.165) is 133 Å². The predicted octanol–water partition coefficient (Wildman–Crippen LogP) is 21.5. The van der Waals surface area contributed by atoms with Crippen LogP contribution in [0.1, 0.15) is 176 Å². The van der Waals surface area contributed by atoms with Crippen LogP contribution in [0.4, 0.5) is 40.1 Å². The van der Waals surface area contributed by atoms with Gasteiger partial charge in [-0.25, -0.2) is 32.3 Å². The first-order valence-electron chi connectivity index (χ1n) is 49.0. The molecule has 0 aliphatic carbocycles. The number of ether oxygens (including phenoxy) is 2. The predicted molar refractivity (Wildman–Crippen MR) is 591 cm³/mol. The first kappa shape index (κ1) is 117. The van der Waals surface area contributed by atoms with Gasteiger partial charge in [0, 0.05) is 174 Å². The number of amides is 4. The van der Waals surface area contributed by atoms with Gasteiger partial charge in [-0.3, -0.25) is 38.7 Å². The van der Waals surface area contributed by atoms with Crippen LogP contribution in [0.2, 0.25) is 40.2 Å². The molecule has 0 spiro atoms. The maximum absolute atomic E-state index is 13.3. The Morgan fingerprint density at radius 3 is 1.29 bits per heavy atom. The van der Waals surface area contributed by atoms with Gasteiger partial charge >= 0.3 is 11.9 Å². The fourth-order valence-electron chi connectivity index (χ4n) is 16.9. The van der Waals surface area contributed by atoms with E-state index in [1.165, 1.54) is 29.2 Å². The van der Waals surface area contributed by atoms with Crippen molar-refractivity contribution in [2.24, 2.45) is 17.6 Å². The highest BCUT2D eigenvalue weighted by Crippen LogP contribution is 2.34. The number of H-pyrrole nitrogens is 1. The minimum absolute atomic E-state index is 0.0366. The molecular weight excluding hydrogens is 2040 g/mol. The molecule has 5 saturated heterocycles. The maximum Gasteiger partial charge on any atom is 0.310 e. The summed E-state index contributed by atoms with van der Waals surface area (Å²) < 4.78 is 38.3. The first-order chi connectivity index (χ1) is 69.0. The number of nitrogens with zero attached hydrogens (tertiary/aromatic N) is 11. The summed E-state index contributed by atoms with van der Waals surface area (Å²) in [6.07, 6.45) is 20.4. The molecule has 11 aromatic rings. The molecule has 146 heavy (non-hydrogen) atoms. The topological polar surface area (TPSA) is 402 Å². The van der Waals surface area contributed by atoms with Crippen LogP contribution in [0.3, 0.4) is 0 Å². The second-order valence-corrected chi connectivity index (χ2v) is 45.0. The molecule has 5 aliphatic heterocycles. The standard InChI is InChI=1S/C27H28Cl2N6O3S.C20H22Cl2N6O.C15H20Cl2N2O.C14H19Cl2N3O.C12H23NO2.C12H17NO2.C6H8N2/c1-17-3-7-23(8-4-17)39(37,38)35-10-9-24-26(31-16-32-27(24)35)33-21-6-5-18(2)34(15-21)25(36)14-30-22-12-19(28)11-20(29)13-22;1-12-2-3-15(27-20-17-4-5-23-19(17)25-11-26-20)10-28(12)18(29)9-24-16-7-13(21)6-14(22)8-16;1-10-3-4-11(2)19(9-10)15(20)8-18-14-6-12(16)5-13(17)7-14;1-9-2-3-12(17)8-19(9)14(20)7-18-13-5-10(15)4-11(16)6-13;2*1-9-5-6-10(8-13-9)7-11(14)15-12(2,3)4;1-5-2-3-6(7)4-8-5/h3-4,7-13,16,18,21,30H,5-6,14-15H2,1-2H3,(H,31,32,33);4-8,11-12,15,24H,2-3,9-10H2,1H3,(H2,23,25,26,27);5-7,10-11,18H,3-4,8-9H2,1-2H3;4-6,9,12,18H,2-3,7-8,17H2,1H3;9-10,13H,5-8H2,1-4H3;5-6,8H,7H2,1-4H3;2-4H,7H2,1H3. The van der Waals surface area contributed by atoms with Crippen LogP contribution in [-0.4, -0.2) is 221 Å². The summed E-state index contributed by atoms with van der Waals surface area (Å²) in [6.45, 7) is 34.0. The number of piperidine rings is 5. The lowest BCUT2D eigenvalue weighted by Gasteiger charge is -2.38. The zero-order chi connectivity index (χ0) is 106. The molecule has 0 saturated carbocycles. The summed E-state index contributed by atoms with van der Waals surface area (Å²) in [5.74, 6) is 2.22. The number of nitrogen functional groups attached to an aromatic ring is 1. The summed E-state index contributed by atoms with van der Waals surface area (Å²) in [6, 6.07) is 40.0. The molecule has 4 amide bonds. The van der Waals surface area contributed by atoms with E-state index >= 15 is 0 Å². The Labute approximate surface area is 897 Å². The number of pyridine rings is 2. The molecule has 11 heterocycles. The smallest absolute Gasteiger partial charge is 0.310 e. The summed E-state index contributed by atoms with van der Waals surface area (Å²) >= 11 is 47.9. The van der Waals surface area contributed by atoms with E-state index in [9.17, 15) is 37.2 Å². The Balaban J connectivity index is 0.000000183. The average Bonchev–Trinajstić information content (AvgIpc) is 1.61. The molecule has 10 atom stereocenters. The number of aromatic amines is 1. The highest BCUT2D eigenvalue weighted by atomic mass is 35.5. The van der Waals surface area contributed by atoms with Gasteiger partial charge in [-0.2, -0.15) is 0 Å². The van der Waals surface area contributed by atoms with Crippen molar-refractivity contribution < 1.29 is 46.7 Å². The van der Waals surface area contributed by atoms with Crippen molar-refractivity contribution in [1.82, 2.24) is 63.8 Å². The fourth-order valence-corrected chi connectivity index (χ4v) is 20.3. The van der Waals surface area contributed by atoms with E-state index in [-0.39, 0.29) is 121 Å². The second-order valence-electron chi connectivity index (χ2n) is 39.7. The van der Waals surface area contributed by atoms with Crippen LogP contribution in [0.5, 0.6) is 0 Å². The summed E-state index contributed by atoms with van der Waals surface area (Å²) in [7, 11) is -3.83. The molecule has 31 nitrogen and oxygen atoms in total. The van der Waals surface area contributed by atoms with Gasteiger partial charge in [0.25, 0.3) is 10.0 Å². The third kappa shape index (κ3) is 38.4. The number of aromatic nitrogens is 8. The number of nitrogens with one attached hydrogen (secondary N) is 8. The SMILES string of the molecule is CC1CCC(C)N(C(=O)CNc2cc(Cl)cc(Cl)c2)C1.CC1CCC(CC(=O)OC(C)(C)C)CN1.CC1CCC(N)CN1C(=O)CNc1cc(Cl)cc(Cl)c1.CC1CCC(Nc2ncnc3[nH]ccc23)CN1C(=O)CNc1cc(Cl)cc(Cl)c1.Cc1ccc(CC(=O)OC(C)(C)C)cn1.Cc1ccc(N)cn1.Cc1ccc(S(=O)(=O)n2ccc3c(NC4CCC(C)N(C(=O)CNc5cc(Cl)cc(Cl)c5)C4)ncnc32)cc1. The average molecular weight is 2180 g/mol. The number of carbonyl (C=O) groups is 6. The van der Waals surface area contributed by atoms with E-state index in [4.69, 9.17) is 114 Å². The van der Waals surface area contributed by atoms with Crippen LogP contribution in [0.25, 0.3) is 22.1 Å². The van der Waals surface area contributed by atoms with E-state index < -0.39 is 15.6 Å². The number of aryl methyl sites for hydroxylation is 3. The lowest BCUT2D eigenvalue weighted by atomic mass is 9.93. The van der Waals surface area contributed by atoms with Crippen LogP contribution >= 0.6 is 92.8 Å². The number of benzene rings is 5. The monoisotopic (exact) mass is 2180 g/mol. The number of esters is 2. The van der Waals surface area contributed by atoms with Crippen LogP contribution < -0.4 is 48.7 Å². The number of hydrogen-bond acceptors (Lipinski definition) is 25. The maximum atomic E-state index is 13.3. The molecule has 5 aliphatic rings. The zero-order valence-corrected chi connectivity index (χ0v) is 92.2. The van der Waals surface area contributed by atoms with Gasteiger partial charge in [0.15, 0.2) is 5.65 Å². The van der Waals surface area contributed by atoms with Crippen molar-refractivity contribution in [2.45, 2.75) is 245 Å². The number of hydrogen-bond donors (Lipinski definition) is 10. The van der Waals surface area contributed by atoms with E-state index in [0.29, 0.717) is 107 Å². The zero-order valence-electron chi connectivity index (χ0n) is 85.4. The lowest BCUT2D eigenvalue weighted by Crippen LogP contribution is -2.51. The Kier molecular flexibility index (Phi) is 44.5. The van der Waals surface area contributed by atoms with Gasteiger partial charge in [0.2, 0.25) is 23.6 Å². The third-order valence-corrected chi connectivity index (χ3v) is 28.1. The Hall–Kier alpha value is -10.8. The summed E-state index contributed by atoms with van der Waals surface area (Å²) in [5, 5.41) is 28.5. The quantitative estimate of drug-likeness (QED) is 0.0282. The highest BCUT2D eigenvalue weighted by molar-refractivity contribution is 7.90. The Bertz CT molecular complexity index is 6080. The van der Waals surface area contributed by atoms with Gasteiger partial charge in [-0.1, -0.05) is 123 Å². The van der Waals surface area contributed by atoms with Crippen LogP contribution in [0, 0.1) is 32.6 Å². The van der Waals surface area contributed by atoms with Crippen molar-refractivity contribution in [2.75, 3.05) is 96.5 Å². The van der Waals surface area contributed by atoms with Crippen molar-refractivity contribution in [3.63, 3.8) is 0 Å². The van der Waals surface area contributed by atoms with E-state index in [1.54, 1.807) is 116 Å². The van der Waals surface area contributed by atoms with Crippen molar-refractivity contribution in [3.8, 4) is 0 Å². The molecule has 0 bridgehead atoms. The second kappa shape index (κ2) is 55.5. The highest BCUT2D eigenvalue weighted by Gasteiger charge is 2.35. The van der Waals surface area contributed by atoms with Crippen molar-refractivity contribution >= 4 is 201 Å². The number of fused-ring (bicyclic) bond motifs is 2. The minimum atomic E-state index is -3.83.